The van der Waals surface area contributed by atoms with Gasteiger partial charge in [-0.1, -0.05) is 40.2 Å². The van der Waals surface area contributed by atoms with Crippen LogP contribution >= 0.6 is 15.9 Å². The minimum atomic E-state index is -0.497. The Bertz CT molecular complexity index is 537. The van der Waals surface area contributed by atoms with E-state index in [2.05, 4.69) is 15.9 Å². The Morgan fingerprint density at radius 2 is 1.88 bits per heavy atom. The second-order valence-electron chi connectivity index (χ2n) is 3.33. The van der Waals surface area contributed by atoms with Gasteiger partial charge in [-0.3, -0.25) is 4.79 Å². The Kier molecular flexibility index (Phi) is 3.15. The first kappa shape index (κ1) is 11.0. The van der Waals surface area contributed by atoms with Crippen LogP contribution in [0, 0.1) is 5.82 Å². The van der Waals surface area contributed by atoms with Gasteiger partial charge in [0.05, 0.1) is 5.56 Å². The average molecular weight is 279 g/mol. The molecule has 1 nitrogen and oxygen atoms in total. The van der Waals surface area contributed by atoms with Gasteiger partial charge in [0.25, 0.3) is 0 Å². The highest BCUT2D eigenvalue weighted by atomic mass is 79.9. The fourth-order valence-corrected chi connectivity index (χ4v) is 2.00. The molecule has 3 heteroatoms. The number of aldehydes is 1. The molecule has 0 fully saturated rings. The van der Waals surface area contributed by atoms with Crippen molar-refractivity contribution in [2.75, 3.05) is 0 Å². The van der Waals surface area contributed by atoms with Gasteiger partial charge in [-0.05, 0) is 29.3 Å². The SMILES string of the molecule is O=Cc1ccc(-c2ccccc2Br)cc1F. The molecule has 2 aromatic rings. The second-order valence-corrected chi connectivity index (χ2v) is 4.19. The molecule has 0 N–H and O–H groups in total. The molecule has 0 saturated heterocycles. The van der Waals surface area contributed by atoms with Crippen LogP contribution in [0.25, 0.3) is 11.1 Å². The van der Waals surface area contributed by atoms with Crippen molar-refractivity contribution in [3.63, 3.8) is 0 Å². The summed E-state index contributed by atoms with van der Waals surface area (Å²) in [6, 6.07) is 12.1. The molecular weight excluding hydrogens is 271 g/mol. The molecule has 16 heavy (non-hydrogen) atoms. The summed E-state index contributed by atoms with van der Waals surface area (Å²) >= 11 is 3.40. The van der Waals surface area contributed by atoms with Crippen LogP contribution in [-0.4, -0.2) is 6.29 Å². The number of halogens is 2. The van der Waals surface area contributed by atoms with Crippen molar-refractivity contribution in [3.8, 4) is 11.1 Å². The topological polar surface area (TPSA) is 17.1 Å². The van der Waals surface area contributed by atoms with E-state index < -0.39 is 5.82 Å². The van der Waals surface area contributed by atoms with Crippen LogP contribution in [0.3, 0.4) is 0 Å². The maximum atomic E-state index is 13.4. The summed E-state index contributed by atoms with van der Waals surface area (Å²) in [5.41, 5.74) is 1.73. The summed E-state index contributed by atoms with van der Waals surface area (Å²) in [5, 5.41) is 0. The largest absolute Gasteiger partial charge is 0.298 e. The third-order valence-electron chi connectivity index (χ3n) is 2.31. The molecule has 0 aliphatic rings. The summed E-state index contributed by atoms with van der Waals surface area (Å²) < 4.78 is 14.3. The first-order valence-electron chi connectivity index (χ1n) is 4.72. The third kappa shape index (κ3) is 2.04. The van der Waals surface area contributed by atoms with Crippen molar-refractivity contribution in [1.82, 2.24) is 0 Å². The Hall–Kier alpha value is -1.48. The van der Waals surface area contributed by atoms with Crippen molar-refractivity contribution in [3.05, 3.63) is 58.3 Å². The molecule has 0 unspecified atom stereocenters. The van der Waals surface area contributed by atoms with E-state index in [-0.39, 0.29) is 5.56 Å². The van der Waals surface area contributed by atoms with Crippen molar-refractivity contribution in [2.24, 2.45) is 0 Å². The average Bonchev–Trinajstić information content (AvgIpc) is 2.29. The van der Waals surface area contributed by atoms with Gasteiger partial charge in [0.2, 0.25) is 0 Å². The molecule has 2 rings (SSSR count). The maximum Gasteiger partial charge on any atom is 0.152 e. The first-order chi connectivity index (χ1) is 7.72. The molecule has 0 radical (unpaired) electrons. The Balaban J connectivity index is 2.54. The van der Waals surface area contributed by atoms with E-state index >= 15 is 0 Å². The minimum Gasteiger partial charge on any atom is -0.298 e. The predicted molar refractivity (Wildman–Crippen MR) is 64.9 cm³/mol. The molecule has 0 aliphatic carbocycles. The molecule has 0 amide bonds. The van der Waals surface area contributed by atoms with Gasteiger partial charge in [-0.25, -0.2) is 4.39 Å². The lowest BCUT2D eigenvalue weighted by molar-refractivity contribution is 0.112. The normalized spacial score (nSPS) is 10.1. The molecule has 0 aromatic heterocycles. The quantitative estimate of drug-likeness (QED) is 0.757. The third-order valence-corrected chi connectivity index (χ3v) is 3.00. The Morgan fingerprint density at radius 1 is 1.12 bits per heavy atom. The van der Waals surface area contributed by atoms with Crippen molar-refractivity contribution >= 4 is 22.2 Å². The number of hydrogen-bond donors (Lipinski definition) is 0. The second kappa shape index (κ2) is 4.58. The summed E-state index contributed by atoms with van der Waals surface area (Å²) in [5.74, 6) is -0.497. The molecule has 0 heterocycles. The van der Waals surface area contributed by atoms with E-state index in [1.54, 1.807) is 6.07 Å². The van der Waals surface area contributed by atoms with E-state index in [1.165, 1.54) is 12.1 Å². The highest BCUT2D eigenvalue weighted by Crippen LogP contribution is 2.28. The van der Waals surface area contributed by atoms with Crippen LogP contribution in [0.1, 0.15) is 10.4 Å². The Labute approximate surface area is 101 Å². The minimum absolute atomic E-state index is 0.0794. The number of carbonyl (C=O) groups excluding carboxylic acids is 1. The van der Waals surface area contributed by atoms with Gasteiger partial charge in [0.1, 0.15) is 5.82 Å². The zero-order valence-electron chi connectivity index (χ0n) is 8.28. The molecule has 0 bridgehead atoms. The summed E-state index contributed by atoms with van der Waals surface area (Å²) in [6.07, 6.45) is 0.513. The maximum absolute atomic E-state index is 13.4. The lowest BCUT2D eigenvalue weighted by atomic mass is 10.0. The zero-order chi connectivity index (χ0) is 11.5. The molecule has 0 aliphatic heterocycles. The highest BCUT2D eigenvalue weighted by Gasteiger charge is 2.06. The fourth-order valence-electron chi connectivity index (χ4n) is 1.49. The van der Waals surface area contributed by atoms with Crippen LogP contribution < -0.4 is 0 Å². The summed E-state index contributed by atoms with van der Waals surface area (Å²) in [4.78, 5) is 10.5. The number of benzene rings is 2. The monoisotopic (exact) mass is 278 g/mol. The van der Waals surface area contributed by atoms with E-state index in [4.69, 9.17) is 0 Å². The van der Waals surface area contributed by atoms with E-state index in [1.807, 2.05) is 24.3 Å². The molecule has 80 valence electrons. The number of carbonyl (C=O) groups is 1. The van der Waals surface area contributed by atoms with Crippen LogP contribution in [0.15, 0.2) is 46.9 Å². The van der Waals surface area contributed by atoms with Crippen LogP contribution in [0.4, 0.5) is 4.39 Å². The van der Waals surface area contributed by atoms with Gasteiger partial charge >= 0.3 is 0 Å². The fraction of sp³-hybridized carbons (Fsp3) is 0. The lowest BCUT2D eigenvalue weighted by Gasteiger charge is -2.05. The lowest BCUT2D eigenvalue weighted by Crippen LogP contribution is -1.88. The molecule has 0 atom stereocenters. The van der Waals surface area contributed by atoms with E-state index in [0.29, 0.717) is 6.29 Å². The van der Waals surface area contributed by atoms with Gasteiger partial charge in [0, 0.05) is 4.47 Å². The van der Waals surface area contributed by atoms with Crippen molar-refractivity contribution < 1.29 is 9.18 Å². The molecular formula is C13H8BrFO. The Morgan fingerprint density at radius 3 is 2.50 bits per heavy atom. The van der Waals surface area contributed by atoms with Crippen molar-refractivity contribution in [2.45, 2.75) is 0 Å². The summed E-state index contributed by atoms with van der Waals surface area (Å²) in [6.45, 7) is 0. The van der Waals surface area contributed by atoms with E-state index in [9.17, 15) is 9.18 Å². The van der Waals surface area contributed by atoms with Crippen molar-refractivity contribution in [1.29, 1.82) is 0 Å². The standard InChI is InChI=1S/C13H8BrFO/c14-12-4-2-1-3-11(12)9-5-6-10(8-16)13(15)7-9/h1-8H. The summed E-state index contributed by atoms with van der Waals surface area (Å²) in [7, 11) is 0. The molecule has 0 saturated carbocycles. The van der Waals surface area contributed by atoms with Crippen LogP contribution in [0.5, 0.6) is 0 Å². The predicted octanol–water partition coefficient (Wildman–Crippen LogP) is 4.07. The van der Waals surface area contributed by atoms with E-state index in [0.717, 1.165) is 15.6 Å². The van der Waals surface area contributed by atoms with Gasteiger partial charge in [-0.2, -0.15) is 0 Å². The molecule has 0 spiro atoms. The highest BCUT2D eigenvalue weighted by molar-refractivity contribution is 9.10. The zero-order valence-corrected chi connectivity index (χ0v) is 9.87. The number of rotatable bonds is 2. The van der Waals surface area contributed by atoms with Crippen LogP contribution in [0.2, 0.25) is 0 Å². The number of hydrogen-bond acceptors (Lipinski definition) is 1. The van der Waals surface area contributed by atoms with Crippen LogP contribution in [-0.2, 0) is 0 Å². The van der Waals surface area contributed by atoms with Gasteiger partial charge in [-0.15, -0.1) is 0 Å². The van der Waals surface area contributed by atoms with Gasteiger partial charge in [0.15, 0.2) is 6.29 Å². The van der Waals surface area contributed by atoms with Gasteiger partial charge < -0.3 is 0 Å². The molecule has 2 aromatic carbocycles. The smallest absolute Gasteiger partial charge is 0.152 e. The first-order valence-corrected chi connectivity index (χ1v) is 5.51.